The van der Waals surface area contributed by atoms with Crippen LogP contribution in [-0.4, -0.2) is 25.8 Å². The zero-order valence-corrected chi connectivity index (χ0v) is 15.2. The minimum atomic E-state index is -3.48. The summed E-state index contributed by atoms with van der Waals surface area (Å²) in [5.41, 5.74) is 3.09. The van der Waals surface area contributed by atoms with E-state index in [1.54, 1.807) is 16.4 Å². The van der Waals surface area contributed by atoms with Crippen LogP contribution in [0.25, 0.3) is 0 Å². The maximum atomic E-state index is 12.8. The van der Waals surface area contributed by atoms with E-state index in [-0.39, 0.29) is 4.90 Å². The summed E-state index contributed by atoms with van der Waals surface area (Å²) < 4.78 is 27.1. The fourth-order valence-corrected chi connectivity index (χ4v) is 4.78. The molecule has 0 amide bonds. The van der Waals surface area contributed by atoms with Crippen LogP contribution < -0.4 is 0 Å². The zero-order chi connectivity index (χ0) is 17.9. The van der Waals surface area contributed by atoms with Crippen molar-refractivity contribution >= 4 is 10.0 Å². The first-order valence-electron chi connectivity index (χ1n) is 8.63. The van der Waals surface area contributed by atoms with Crippen LogP contribution in [0.3, 0.4) is 0 Å². The molecular formula is C20H22N2O2S. The fraction of sp³-hybridized carbons (Fsp3) is 0.350. The molecule has 0 spiro atoms. The molecule has 0 bridgehead atoms. The Bertz CT molecular complexity index is 857. The highest BCUT2D eigenvalue weighted by molar-refractivity contribution is 7.89. The van der Waals surface area contributed by atoms with Crippen LogP contribution in [0.5, 0.6) is 0 Å². The number of sulfonamides is 1. The highest BCUT2D eigenvalue weighted by Crippen LogP contribution is 2.31. The topological polar surface area (TPSA) is 61.2 Å². The van der Waals surface area contributed by atoms with Gasteiger partial charge in [0.25, 0.3) is 0 Å². The van der Waals surface area contributed by atoms with Gasteiger partial charge >= 0.3 is 0 Å². The van der Waals surface area contributed by atoms with Crippen molar-refractivity contribution in [1.29, 1.82) is 5.26 Å². The third-order valence-electron chi connectivity index (χ3n) is 4.93. The summed E-state index contributed by atoms with van der Waals surface area (Å²) in [7, 11) is -3.48. The Hall–Kier alpha value is -2.16. The number of nitriles is 1. The van der Waals surface area contributed by atoms with E-state index in [0.717, 1.165) is 19.3 Å². The molecule has 4 nitrogen and oxygen atoms in total. The molecule has 0 radical (unpaired) electrons. The van der Waals surface area contributed by atoms with E-state index in [1.165, 1.54) is 23.3 Å². The molecule has 5 heteroatoms. The maximum Gasteiger partial charge on any atom is 0.243 e. The minimum absolute atomic E-state index is 0.261. The molecule has 3 rings (SSSR count). The largest absolute Gasteiger partial charge is 0.243 e. The van der Waals surface area contributed by atoms with Crippen LogP contribution in [0.4, 0.5) is 0 Å². The van der Waals surface area contributed by atoms with Crippen molar-refractivity contribution in [2.75, 3.05) is 13.1 Å². The van der Waals surface area contributed by atoms with Gasteiger partial charge in [-0.15, -0.1) is 0 Å². The van der Waals surface area contributed by atoms with Crippen molar-refractivity contribution in [3.8, 4) is 6.07 Å². The molecule has 0 unspecified atom stereocenters. The van der Waals surface area contributed by atoms with Gasteiger partial charge in [-0.05, 0) is 60.6 Å². The van der Waals surface area contributed by atoms with Crippen LogP contribution in [-0.2, 0) is 16.4 Å². The monoisotopic (exact) mass is 354 g/mol. The molecule has 2 aromatic carbocycles. The van der Waals surface area contributed by atoms with Gasteiger partial charge in [-0.25, -0.2) is 8.42 Å². The van der Waals surface area contributed by atoms with Gasteiger partial charge in [0.05, 0.1) is 16.5 Å². The average molecular weight is 354 g/mol. The second-order valence-corrected chi connectivity index (χ2v) is 8.35. The number of rotatable bonds is 4. The standard InChI is InChI=1S/C20H22N2O2S/c1-2-16-3-7-18(8-4-16)19-11-13-22(14-12-19)25(23,24)20-9-5-17(15-21)6-10-20/h3-10,19H,2,11-14H2,1H3. The summed E-state index contributed by atoms with van der Waals surface area (Å²) in [5.74, 6) is 0.415. The molecule has 130 valence electrons. The van der Waals surface area contributed by atoms with Crippen molar-refractivity contribution < 1.29 is 8.42 Å². The summed E-state index contributed by atoms with van der Waals surface area (Å²) >= 11 is 0. The van der Waals surface area contributed by atoms with Gasteiger partial charge in [0.2, 0.25) is 10.0 Å². The zero-order valence-electron chi connectivity index (χ0n) is 14.4. The second-order valence-electron chi connectivity index (χ2n) is 6.41. The molecule has 0 aliphatic carbocycles. The van der Waals surface area contributed by atoms with Crippen LogP contribution in [0.2, 0.25) is 0 Å². The van der Waals surface area contributed by atoms with Crippen LogP contribution in [0.1, 0.15) is 42.4 Å². The van der Waals surface area contributed by atoms with Gasteiger partial charge in [0, 0.05) is 13.1 Å². The van der Waals surface area contributed by atoms with E-state index in [9.17, 15) is 8.42 Å². The van der Waals surface area contributed by atoms with E-state index in [4.69, 9.17) is 5.26 Å². The van der Waals surface area contributed by atoms with Gasteiger partial charge in [-0.1, -0.05) is 31.2 Å². The van der Waals surface area contributed by atoms with E-state index in [0.29, 0.717) is 24.6 Å². The Kier molecular flexibility index (Phi) is 5.22. The van der Waals surface area contributed by atoms with Gasteiger partial charge in [-0.3, -0.25) is 0 Å². The predicted octanol–water partition coefficient (Wildman–Crippen LogP) is 3.69. The molecule has 2 aromatic rings. The fourth-order valence-electron chi connectivity index (χ4n) is 3.31. The molecule has 0 saturated carbocycles. The lowest BCUT2D eigenvalue weighted by Crippen LogP contribution is -2.37. The van der Waals surface area contributed by atoms with Crippen molar-refractivity contribution in [3.05, 3.63) is 65.2 Å². The lowest BCUT2D eigenvalue weighted by molar-refractivity contribution is 0.319. The first-order valence-corrected chi connectivity index (χ1v) is 10.1. The molecule has 0 aromatic heterocycles. The molecule has 0 N–H and O–H groups in total. The first kappa shape index (κ1) is 17.7. The maximum absolute atomic E-state index is 12.8. The van der Waals surface area contributed by atoms with Crippen molar-refractivity contribution in [2.24, 2.45) is 0 Å². The van der Waals surface area contributed by atoms with E-state index in [2.05, 4.69) is 31.2 Å². The molecule has 1 fully saturated rings. The number of aryl methyl sites for hydroxylation is 1. The van der Waals surface area contributed by atoms with Gasteiger partial charge in [-0.2, -0.15) is 9.57 Å². The Morgan fingerprint density at radius 1 is 1.04 bits per heavy atom. The molecule has 1 saturated heterocycles. The smallest absolute Gasteiger partial charge is 0.207 e. The predicted molar refractivity (Wildman–Crippen MR) is 97.7 cm³/mol. The lowest BCUT2D eigenvalue weighted by atomic mass is 9.89. The van der Waals surface area contributed by atoms with Crippen molar-refractivity contribution in [3.63, 3.8) is 0 Å². The Labute approximate surface area is 149 Å². The van der Waals surface area contributed by atoms with Crippen molar-refractivity contribution in [2.45, 2.75) is 37.0 Å². The molecule has 1 heterocycles. The number of piperidine rings is 1. The quantitative estimate of drug-likeness (QED) is 0.841. The molecule has 1 aliphatic rings. The molecular weight excluding hydrogens is 332 g/mol. The highest BCUT2D eigenvalue weighted by Gasteiger charge is 2.29. The van der Waals surface area contributed by atoms with Crippen LogP contribution >= 0.6 is 0 Å². The van der Waals surface area contributed by atoms with E-state index >= 15 is 0 Å². The summed E-state index contributed by atoms with van der Waals surface area (Å²) in [4.78, 5) is 0.261. The Morgan fingerprint density at radius 2 is 1.64 bits per heavy atom. The van der Waals surface area contributed by atoms with Crippen LogP contribution in [0.15, 0.2) is 53.4 Å². The highest BCUT2D eigenvalue weighted by atomic mass is 32.2. The summed E-state index contributed by atoms with van der Waals surface area (Å²) in [6, 6.07) is 16.8. The third-order valence-corrected chi connectivity index (χ3v) is 6.85. The average Bonchev–Trinajstić information content (AvgIpc) is 2.68. The van der Waals surface area contributed by atoms with E-state index in [1.807, 2.05) is 6.07 Å². The van der Waals surface area contributed by atoms with Gasteiger partial charge in [0.15, 0.2) is 0 Å². The number of nitrogens with zero attached hydrogens (tertiary/aromatic N) is 2. The summed E-state index contributed by atoms with van der Waals surface area (Å²) in [6.45, 7) is 3.20. The number of hydrogen-bond donors (Lipinski definition) is 0. The van der Waals surface area contributed by atoms with Crippen LogP contribution in [0, 0.1) is 11.3 Å². The molecule has 0 atom stereocenters. The van der Waals surface area contributed by atoms with Gasteiger partial charge in [0.1, 0.15) is 0 Å². The first-order chi connectivity index (χ1) is 12.0. The summed E-state index contributed by atoms with van der Waals surface area (Å²) in [6.07, 6.45) is 2.70. The minimum Gasteiger partial charge on any atom is -0.207 e. The molecule has 25 heavy (non-hydrogen) atoms. The third kappa shape index (κ3) is 3.76. The lowest BCUT2D eigenvalue weighted by Gasteiger charge is -2.31. The second kappa shape index (κ2) is 7.38. The number of hydrogen-bond acceptors (Lipinski definition) is 3. The number of benzene rings is 2. The summed E-state index contributed by atoms with van der Waals surface area (Å²) in [5, 5.41) is 8.84. The van der Waals surface area contributed by atoms with Gasteiger partial charge < -0.3 is 0 Å². The normalized spacial score (nSPS) is 16.5. The molecule has 1 aliphatic heterocycles. The Balaban J connectivity index is 1.69. The SMILES string of the molecule is CCc1ccc(C2CCN(S(=O)(=O)c3ccc(C#N)cc3)CC2)cc1. The van der Waals surface area contributed by atoms with E-state index < -0.39 is 10.0 Å². The van der Waals surface area contributed by atoms with Crippen molar-refractivity contribution in [1.82, 2.24) is 4.31 Å². The Morgan fingerprint density at radius 3 is 2.16 bits per heavy atom.